The summed E-state index contributed by atoms with van der Waals surface area (Å²) in [6, 6.07) is 14.0. The molecule has 0 N–H and O–H groups in total. The van der Waals surface area contributed by atoms with E-state index >= 15 is 0 Å². The van der Waals surface area contributed by atoms with Crippen molar-refractivity contribution in [2.45, 2.75) is 20.8 Å². The number of nitriles is 1. The van der Waals surface area contributed by atoms with Crippen molar-refractivity contribution in [3.05, 3.63) is 53.2 Å². The Balaban J connectivity index is 2.52. The lowest BCUT2D eigenvalue weighted by Gasteiger charge is -2.24. The van der Waals surface area contributed by atoms with Crippen LogP contribution in [-0.2, 0) is 0 Å². The van der Waals surface area contributed by atoms with Crippen LogP contribution in [0.2, 0.25) is 0 Å². The summed E-state index contributed by atoms with van der Waals surface area (Å²) >= 11 is 0. The van der Waals surface area contributed by atoms with Gasteiger partial charge in [-0.05, 0) is 44.5 Å². The van der Waals surface area contributed by atoms with Crippen LogP contribution in [0.25, 0.3) is 0 Å². The molecule has 0 unspecified atom stereocenters. The van der Waals surface area contributed by atoms with Gasteiger partial charge in [0.05, 0.1) is 11.6 Å². The molecule has 0 fully saturated rings. The summed E-state index contributed by atoms with van der Waals surface area (Å²) in [6.07, 6.45) is 0. The second kappa shape index (κ2) is 5.53. The Morgan fingerprint density at radius 2 is 1.95 bits per heavy atom. The number of aromatic nitrogens is 1. The maximum absolute atomic E-state index is 9.07. The summed E-state index contributed by atoms with van der Waals surface area (Å²) in [5, 5.41) is 9.07. The fourth-order valence-electron chi connectivity index (χ4n) is 2.18. The Bertz CT molecular complexity index is 626. The zero-order valence-corrected chi connectivity index (χ0v) is 11.5. The molecule has 0 aliphatic heterocycles. The number of rotatable bonds is 3. The minimum Gasteiger partial charge on any atom is -0.326 e. The number of nitrogens with zero attached hydrogens (tertiary/aromatic N) is 3. The Morgan fingerprint density at radius 3 is 2.58 bits per heavy atom. The van der Waals surface area contributed by atoms with Gasteiger partial charge in [0.2, 0.25) is 0 Å². The van der Waals surface area contributed by atoms with Gasteiger partial charge >= 0.3 is 0 Å². The van der Waals surface area contributed by atoms with E-state index in [-0.39, 0.29) is 0 Å². The first-order chi connectivity index (χ1) is 9.15. The maximum Gasteiger partial charge on any atom is 0.134 e. The van der Waals surface area contributed by atoms with Crippen molar-refractivity contribution < 1.29 is 0 Å². The van der Waals surface area contributed by atoms with Crippen molar-refractivity contribution in [2.75, 3.05) is 11.4 Å². The van der Waals surface area contributed by atoms with Crippen LogP contribution in [0.15, 0.2) is 36.4 Å². The molecule has 3 nitrogen and oxygen atoms in total. The molecule has 0 radical (unpaired) electrons. The van der Waals surface area contributed by atoms with E-state index < -0.39 is 0 Å². The highest BCUT2D eigenvalue weighted by Crippen LogP contribution is 2.27. The molecule has 0 bridgehead atoms. The topological polar surface area (TPSA) is 39.9 Å². The van der Waals surface area contributed by atoms with Gasteiger partial charge in [-0.3, -0.25) is 0 Å². The first-order valence-electron chi connectivity index (χ1n) is 6.37. The molecule has 0 aliphatic carbocycles. The highest BCUT2D eigenvalue weighted by atomic mass is 15.2. The zero-order valence-electron chi connectivity index (χ0n) is 11.5. The third kappa shape index (κ3) is 2.74. The van der Waals surface area contributed by atoms with E-state index in [4.69, 9.17) is 5.26 Å². The summed E-state index contributed by atoms with van der Waals surface area (Å²) in [7, 11) is 0. The van der Waals surface area contributed by atoms with Gasteiger partial charge in [0.25, 0.3) is 0 Å². The summed E-state index contributed by atoms with van der Waals surface area (Å²) < 4.78 is 0. The standard InChI is InChI=1S/C16H17N3/c1-4-19(15-8-6-5-7-12(15)2)16-10-14(11-17)9-13(3)18-16/h5-10H,4H2,1-3H3. The van der Waals surface area contributed by atoms with E-state index in [2.05, 4.69) is 41.9 Å². The monoisotopic (exact) mass is 251 g/mol. The molecule has 2 aromatic rings. The maximum atomic E-state index is 9.07. The van der Waals surface area contributed by atoms with Crippen LogP contribution >= 0.6 is 0 Å². The Hall–Kier alpha value is -2.34. The normalized spacial score (nSPS) is 10.0. The molecular weight excluding hydrogens is 234 g/mol. The summed E-state index contributed by atoms with van der Waals surface area (Å²) in [5.74, 6) is 0.827. The number of anilines is 2. The molecule has 1 aromatic carbocycles. The zero-order chi connectivity index (χ0) is 13.8. The molecule has 0 saturated carbocycles. The quantitative estimate of drug-likeness (QED) is 0.834. The van der Waals surface area contributed by atoms with Gasteiger partial charge in [0.1, 0.15) is 5.82 Å². The minimum absolute atomic E-state index is 0.648. The smallest absolute Gasteiger partial charge is 0.134 e. The molecule has 1 aromatic heterocycles. The third-order valence-electron chi connectivity index (χ3n) is 3.07. The van der Waals surface area contributed by atoms with Gasteiger partial charge in [-0.1, -0.05) is 18.2 Å². The number of para-hydroxylation sites is 1. The number of hydrogen-bond donors (Lipinski definition) is 0. The SMILES string of the molecule is CCN(c1cc(C#N)cc(C)n1)c1ccccc1C. The van der Waals surface area contributed by atoms with Gasteiger partial charge in [0.15, 0.2) is 0 Å². The number of hydrogen-bond acceptors (Lipinski definition) is 3. The van der Waals surface area contributed by atoms with E-state index in [0.717, 1.165) is 23.7 Å². The molecule has 1 heterocycles. The first-order valence-corrected chi connectivity index (χ1v) is 6.37. The lowest BCUT2D eigenvalue weighted by Crippen LogP contribution is -2.18. The fraction of sp³-hybridized carbons (Fsp3) is 0.250. The van der Waals surface area contributed by atoms with Crippen LogP contribution in [0.4, 0.5) is 11.5 Å². The predicted octanol–water partition coefficient (Wildman–Crippen LogP) is 3.73. The summed E-state index contributed by atoms with van der Waals surface area (Å²) in [4.78, 5) is 6.67. The average Bonchev–Trinajstić information content (AvgIpc) is 2.41. The van der Waals surface area contributed by atoms with Crippen molar-refractivity contribution in [1.29, 1.82) is 5.26 Å². The second-order valence-corrected chi connectivity index (χ2v) is 4.50. The second-order valence-electron chi connectivity index (χ2n) is 4.50. The molecular formula is C16H17N3. The van der Waals surface area contributed by atoms with Crippen LogP contribution < -0.4 is 4.90 Å². The van der Waals surface area contributed by atoms with E-state index in [0.29, 0.717) is 5.56 Å². The van der Waals surface area contributed by atoms with Crippen molar-refractivity contribution >= 4 is 11.5 Å². The molecule has 0 aliphatic rings. The van der Waals surface area contributed by atoms with Gasteiger partial charge in [0, 0.05) is 17.9 Å². The Labute approximate surface area is 114 Å². The molecule has 2 rings (SSSR count). The van der Waals surface area contributed by atoms with Crippen LogP contribution in [-0.4, -0.2) is 11.5 Å². The highest BCUT2D eigenvalue weighted by Gasteiger charge is 2.12. The Morgan fingerprint density at radius 1 is 1.21 bits per heavy atom. The molecule has 0 atom stereocenters. The minimum atomic E-state index is 0.648. The molecule has 3 heteroatoms. The van der Waals surface area contributed by atoms with Crippen LogP contribution in [0.5, 0.6) is 0 Å². The molecule has 0 saturated heterocycles. The van der Waals surface area contributed by atoms with Crippen molar-refractivity contribution in [3.63, 3.8) is 0 Å². The Kier molecular flexibility index (Phi) is 3.82. The molecule has 96 valence electrons. The van der Waals surface area contributed by atoms with Gasteiger partial charge in [-0.25, -0.2) is 4.98 Å². The van der Waals surface area contributed by atoms with Crippen LogP contribution in [0, 0.1) is 25.2 Å². The summed E-state index contributed by atoms with van der Waals surface area (Å²) in [6.45, 7) is 6.89. The van der Waals surface area contributed by atoms with Crippen molar-refractivity contribution in [2.24, 2.45) is 0 Å². The lowest BCUT2D eigenvalue weighted by atomic mass is 10.1. The third-order valence-corrected chi connectivity index (χ3v) is 3.07. The van der Waals surface area contributed by atoms with E-state index in [1.54, 1.807) is 6.07 Å². The van der Waals surface area contributed by atoms with E-state index in [1.807, 2.05) is 25.1 Å². The summed E-state index contributed by atoms with van der Waals surface area (Å²) in [5.41, 5.74) is 3.84. The van der Waals surface area contributed by atoms with Crippen molar-refractivity contribution in [3.8, 4) is 6.07 Å². The molecule has 19 heavy (non-hydrogen) atoms. The van der Waals surface area contributed by atoms with Gasteiger partial charge in [-0.15, -0.1) is 0 Å². The van der Waals surface area contributed by atoms with E-state index in [9.17, 15) is 0 Å². The van der Waals surface area contributed by atoms with Gasteiger partial charge < -0.3 is 4.90 Å². The molecule has 0 amide bonds. The largest absolute Gasteiger partial charge is 0.326 e. The lowest BCUT2D eigenvalue weighted by molar-refractivity contribution is 0.972. The molecule has 0 spiro atoms. The van der Waals surface area contributed by atoms with Gasteiger partial charge in [-0.2, -0.15) is 5.26 Å². The number of benzene rings is 1. The van der Waals surface area contributed by atoms with E-state index in [1.165, 1.54) is 5.56 Å². The van der Waals surface area contributed by atoms with Crippen LogP contribution in [0.3, 0.4) is 0 Å². The van der Waals surface area contributed by atoms with Crippen LogP contribution in [0.1, 0.15) is 23.7 Å². The van der Waals surface area contributed by atoms with Crippen molar-refractivity contribution in [1.82, 2.24) is 4.98 Å². The number of aryl methyl sites for hydroxylation is 2. The average molecular weight is 251 g/mol. The first kappa shape index (κ1) is 13.1. The highest BCUT2D eigenvalue weighted by molar-refractivity contribution is 5.64. The predicted molar refractivity (Wildman–Crippen MR) is 77.5 cm³/mol. The fourth-order valence-corrected chi connectivity index (χ4v) is 2.18. The number of pyridine rings is 1.